The van der Waals surface area contributed by atoms with Crippen LogP contribution in [0, 0.1) is 5.92 Å². The van der Waals surface area contributed by atoms with E-state index < -0.39 is 5.97 Å². The summed E-state index contributed by atoms with van der Waals surface area (Å²) in [6, 6.07) is 1.46. The van der Waals surface area contributed by atoms with Gasteiger partial charge in [0.05, 0.1) is 17.4 Å². The molecule has 1 aromatic heterocycles. The minimum Gasteiger partial charge on any atom is -0.458 e. The van der Waals surface area contributed by atoms with E-state index in [0.717, 1.165) is 25.7 Å². The van der Waals surface area contributed by atoms with Gasteiger partial charge in [0.25, 0.3) is 0 Å². The Balaban J connectivity index is 2.09. The molecule has 1 heterocycles. The quantitative estimate of drug-likeness (QED) is 0.681. The summed E-state index contributed by atoms with van der Waals surface area (Å²) in [7, 11) is 0. The van der Waals surface area contributed by atoms with Gasteiger partial charge in [-0.3, -0.25) is 0 Å². The molecule has 4 nitrogen and oxygen atoms in total. The average Bonchev–Trinajstić information content (AvgIpc) is 2.42. The Bertz CT molecular complexity index is 465. The second-order valence-electron chi connectivity index (χ2n) is 4.99. The molecule has 104 valence electrons. The standard InChI is InChI=1S/C14H19ClN2O2/c1-2-9-5-3-4-6-12(9)19-14(18)10-7-13(15)17-8-11(10)16/h7-9,12H,2-6,16H2,1H3. The van der Waals surface area contributed by atoms with Gasteiger partial charge in [-0.15, -0.1) is 0 Å². The van der Waals surface area contributed by atoms with E-state index in [4.69, 9.17) is 22.1 Å². The highest BCUT2D eigenvalue weighted by Gasteiger charge is 2.28. The summed E-state index contributed by atoms with van der Waals surface area (Å²) < 4.78 is 5.61. The van der Waals surface area contributed by atoms with Gasteiger partial charge in [-0.05, 0) is 37.7 Å². The third kappa shape index (κ3) is 3.38. The van der Waals surface area contributed by atoms with E-state index in [1.165, 1.54) is 18.7 Å². The van der Waals surface area contributed by atoms with Crippen LogP contribution in [-0.4, -0.2) is 17.1 Å². The molecule has 0 amide bonds. The first kappa shape index (κ1) is 14.1. The first-order valence-electron chi connectivity index (χ1n) is 6.73. The molecule has 1 saturated carbocycles. The normalized spacial score (nSPS) is 23.1. The van der Waals surface area contributed by atoms with Crippen molar-refractivity contribution < 1.29 is 9.53 Å². The first-order valence-corrected chi connectivity index (χ1v) is 7.11. The van der Waals surface area contributed by atoms with E-state index in [0.29, 0.717) is 17.2 Å². The lowest BCUT2D eigenvalue weighted by Gasteiger charge is -2.30. The third-order valence-electron chi connectivity index (χ3n) is 3.74. The van der Waals surface area contributed by atoms with Gasteiger partial charge in [0.15, 0.2) is 0 Å². The lowest BCUT2D eigenvalue weighted by Crippen LogP contribution is -2.30. The molecule has 1 aromatic rings. The third-order valence-corrected chi connectivity index (χ3v) is 3.95. The number of nitrogens with zero attached hydrogens (tertiary/aromatic N) is 1. The van der Waals surface area contributed by atoms with E-state index in [9.17, 15) is 4.79 Å². The molecule has 1 aliphatic carbocycles. The van der Waals surface area contributed by atoms with Gasteiger partial charge >= 0.3 is 5.97 Å². The van der Waals surface area contributed by atoms with Crippen LogP contribution >= 0.6 is 11.6 Å². The minimum atomic E-state index is -0.396. The van der Waals surface area contributed by atoms with Crippen molar-refractivity contribution in [1.29, 1.82) is 0 Å². The maximum atomic E-state index is 12.2. The molecule has 0 aromatic carbocycles. The molecule has 0 bridgehead atoms. The monoisotopic (exact) mass is 282 g/mol. The van der Waals surface area contributed by atoms with Gasteiger partial charge in [0.1, 0.15) is 11.3 Å². The number of ether oxygens (including phenoxy) is 1. The second-order valence-corrected chi connectivity index (χ2v) is 5.38. The molecule has 2 N–H and O–H groups in total. The molecule has 19 heavy (non-hydrogen) atoms. The molecule has 5 heteroatoms. The Morgan fingerprint density at radius 2 is 2.26 bits per heavy atom. The van der Waals surface area contributed by atoms with Crippen LogP contribution in [0.5, 0.6) is 0 Å². The fraction of sp³-hybridized carbons (Fsp3) is 0.571. The number of nitrogens with two attached hydrogens (primary N) is 1. The number of hydrogen-bond donors (Lipinski definition) is 1. The highest BCUT2D eigenvalue weighted by molar-refractivity contribution is 6.29. The molecule has 2 unspecified atom stereocenters. The molecular formula is C14H19ClN2O2. The van der Waals surface area contributed by atoms with Gasteiger partial charge < -0.3 is 10.5 Å². The number of carbonyl (C=O) groups excluding carboxylic acids is 1. The summed E-state index contributed by atoms with van der Waals surface area (Å²) >= 11 is 5.79. The summed E-state index contributed by atoms with van der Waals surface area (Å²) in [5.41, 5.74) is 6.35. The number of nitrogen functional groups attached to an aromatic ring is 1. The molecule has 1 fully saturated rings. The zero-order valence-electron chi connectivity index (χ0n) is 11.1. The molecule has 1 aliphatic rings. The van der Waals surface area contributed by atoms with E-state index in [1.54, 1.807) is 0 Å². The summed E-state index contributed by atoms with van der Waals surface area (Å²) in [6.07, 6.45) is 6.81. The number of carbonyl (C=O) groups is 1. The average molecular weight is 283 g/mol. The van der Waals surface area contributed by atoms with Crippen LogP contribution < -0.4 is 5.73 Å². The molecule has 2 atom stereocenters. The largest absolute Gasteiger partial charge is 0.458 e. The predicted octanol–water partition coefficient (Wildman–Crippen LogP) is 3.44. The number of pyridine rings is 1. The Kier molecular flexibility index (Phi) is 4.64. The van der Waals surface area contributed by atoms with Crippen LogP contribution in [0.15, 0.2) is 12.3 Å². The number of aromatic nitrogens is 1. The van der Waals surface area contributed by atoms with Crippen LogP contribution in [0.4, 0.5) is 5.69 Å². The molecule has 0 aliphatic heterocycles. The SMILES string of the molecule is CCC1CCCCC1OC(=O)c1cc(Cl)ncc1N. The number of anilines is 1. The van der Waals surface area contributed by atoms with Crippen molar-refractivity contribution in [2.75, 3.05) is 5.73 Å². The molecule has 0 radical (unpaired) electrons. The van der Waals surface area contributed by atoms with E-state index in [2.05, 4.69) is 11.9 Å². The van der Waals surface area contributed by atoms with Crippen LogP contribution in [0.2, 0.25) is 5.15 Å². The van der Waals surface area contributed by atoms with Crippen LogP contribution in [-0.2, 0) is 4.74 Å². The van der Waals surface area contributed by atoms with Gasteiger partial charge in [-0.1, -0.05) is 24.9 Å². The first-order chi connectivity index (χ1) is 9.11. The van der Waals surface area contributed by atoms with Gasteiger partial charge in [0, 0.05) is 0 Å². The maximum Gasteiger partial charge on any atom is 0.340 e. The molecule has 0 spiro atoms. The second kappa shape index (κ2) is 6.24. The van der Waals surface area contributed by atoms with Crippen molar-refractivity contribution >= 4 is 23.3 Å². The van der Waals surface area contributed by atoms with Crippen LogP contribution in [0.3, 0.4) is 0 Å². The van der Waals surface area contributed by atoms with Crippen molar-refractivity contribution in [3.05, 3.63) is 23.0 Å². The van der Waals surface area contributed by atoms with Crippen molar-refractivity contribution in [3.8, 4) is 0 Å². The zero-order chi connectivity index (χ0) is 13.8. The fourth-order valence-corrected chi connectivity index (χ4v) is 2.77. The van der Waals surface area contributed by atoms with Crippen LogP contribution in [0.1, 0.15) is 49.4 Å². The van der Waals surface area contributed by atoms with E-state index >= 15 is 0 Å². The van der Waals surface area contributed by atoms with Gasteiger partial charge in [-0.25, -0.2) is 9.78 Å². The lowest BCUT2D eigenvalue weighted by molar-refractivity contribution is 0.000811. The number of halogens is 1. The maximum absolute atomic E-state index is 12.2. The Labute approximate surface area is 118 Å². The molecule has 0 saturated heterocycles. The summed E-state index contributed by atoms with van der Waals surface area (Å²) in [5, 5.41) is 0.247. The molecular weight excluding hydrogens is 264 g/mol. The summed E-state index contributed by atoms with van der Waals surface area (Å²) in [5.74, 6) is 0.0587. The van der Waals surface area contributed by atoms with E-state index in [-0.39, 0.29) is 11.3 Å². The Morgan fingerprint density at radius 3 is 3.00 bits per heavy atom. The lowest BCUT2D eigenvalue weighted by atomic mass is 9.85. The van der Waals surface area contributed by atoms with Crippen LogP contribution in [0.25, 0.3) is 0 Å². The van der Waals surface area contributed by atoms with Crippen molar-refractivity contribution in [2.45, 2.75) is 45.1 Å². The number of rotatable bonds is 3. The van der Waals surface area contributed by atoms with Crippen molar-refractivity contribution in [2.24, 2.45) is 5.92 Å². The Hall–Kier alpha value is -1.29. The van der Waals surface area contributed by atoms with Gasteiger partial charge in [0.2, 0.25) is 0 Å². The zero-order valence-corrected chi connectivity index (χ0v) is 11.8. The highest BCUT2D eigenvalue weighted by atomic mass is 35.5. The predicted molar refractivity (Wildman–Crippen MR) is 75.1 cm³/mol. The summed E-state index contributed by atoms with van der Waals surface area (Å²) in [6.45, 7) is 2.13. The van der Waals surface area contributed by atoms with Gasteiger partial charge in [-0.2, -0.15) is 0 Å². The van der Waals surface area contributed by atoms with Crippen molar-refractivity contribution in [1.82, 2.24) is 4.98 Å². The topological polar surface area (TPSA) is 65.2 Å². The van der Waals surface area contributed by atoms with Crippen molar-refractivity contribution in [3.63, 3.8) is 0 Å². The minimum absolute atomic E-state index is 0.00223. The number of hydrogen-bond acceptors (Lipinski definition) is 4. The summed E-state index contributed by atoms with van der Waals surface area (Å²) in [4.78, 5) is 16.0. The molecule has 2 rings (SSSR count). The van der Waals surface area contributed by atoms with E-state index in [1.807, 2.05) is 0 Å². The number of esters is 1. The smallest absolute Gasteiger partial charge is 0.340 e. The fourth-order valence-electron chi connectivity index (χ4n) is 2.61. The Morgan fingerprint density at radius 1 is 1.53 bits per heavy atom. The highest BCUT2D eigenvalue weighted by Crippen LogP contribution is 2.30.